The zero-order chi connectivity index (χ0) is 12.6. The van der Waals surface area contributed by atoms with Gasteiger partial charge in [-0.3, -0.25) is 9.59 Å². The van der Waals surface area contributed by atoms with Crippen LogP contribution >= 0.6 is 0 Å². The third-order valence-corrected chi connectivity index (χ3v) is 1.99. The van der Waals surface area contributed by atoms with Gasteiger partial charge in [0.15, 0.2) is 5.78 Å². The summed E-state index contributed by atoms with van der Waals surface area (Å²) in [7, 11) is 1.98. The molecule has 0 aliphatic carbocycles. The molecule has 0 aromatic rings. The van der Waals surface area contributed by atoms with Crippen LogP contribution < -0.4 is 5.73 Å². The Morgan fingerprint density at radius 3 is 2.38 bits per heavy atom. The first-order valence-electron chi connectivity index (χ1n) is 4.89. The van der Waals surface area contributed by atoms with E-state index in [0.717, 1.165) is 12.6 Å². The molecule has 0 radical (unpaired) electrons. The Kier molecular flexibility index (Phi) is 7.07. The van der Waals surface area contributed by atoms with Crippen LogP contribution in [0.15, 0.2) is 25.3 Å². The fraction of sp³-hybridized carbons (Fsp3) is 0.455. The highest BCUT2D eigenvalue weighted by Crippen LogP contribution is 2.03. The molecular weight excluding hydrogens is 208 g/mol. The van der Waals surface area contributed by atoms with Crippen LogP contribution in [0, 0.1) is 0 Å². The van der Waals surface area contributed by atoms with Crippen LogP contribution in [-0.2, 0) is 14.3 Å². The molecule has 1 aliphatic heterocycles. The first-order chi connectivity index (χ1) is 7.51. The van der Waals surface area contributed by atoms with Crippen LogP contribution in [0.3, 0.4) is 0 Å². The number of hydrogen-bond donors (Lipinski definition) is 1. The lowest BCUT2D eigenvalue weighted by atomic mass is 10.2. The average Bonchev–Trinajstić information content (AvgIpc) is 2.28. The third-order valence-electron chi connectivity index (χ3n) is 1.99. The molecule has 0 aromatic carbocycles. The van der Waals surface area contributed by atoms with E-state index in [1.165, 1.54) is 6.08 Å². The Labute approximate surface area is 95.5 Å². The second-order valence-corrected chi connectivity index (χ2v) is 3.33. The Morgan fingerprint density at radius 1 is 1.44 bits per heavy atom. The van der Waals surface area contributed by atoms with Crippen molar-refractivity contribution in [3.8, 4) is 0 Å². The van der Waals surface area contributed by atoms with E-state index in [-0.39, 0.29) is 11.9 Å². The molecule has 1 atom stereocenters. The predicted molar refractivity (Wildman–Crippen MR) is 61.8 cm³/mol. The van der Waals surface area contributed by atoms with Crippen LogP contribution in [0.1, 0.15) is 0 Å². The molecule has 90 valence electrons. The fourth-order valence-electron chi connectivity index (χ4n) is 1.08. The molecule has 1 heterocycles. The molecular formula is C11H18N2O3. The van der Waals surface area contributed by atoms with Gasteiger partial charge in [-0.05, 0) is 19.2 Å². The number of hydrogen-bond acceptors (Lipinski definition) is 4. The van der Waals surface area contributed by atoms with Crippen molar-refractivity contribution in [3.05, 3.63) is 25.3 Å². The van der Waals surface area contributed by atoms with E-state index in [9.17, 15) is 9.59 Å². The van der Waals surface area contributed by atoms with Crippen LogP contribution in [-0.4, -0.2) is 49.4 Å². The van der Waals surface area contributed by atoms with Crippen LogP contribution in [0.25, 0.3) is 0 Å². The predicted octanol–water partition coefficient (Wildman–Crippen LogP) is -0.270. The SMILES string of the molecule is C=CC(=O)C1CN(C)CCO1.C=CC(N)=O. The first-order valence-corrected chi connectivity index (χ1v) is 4.89. The zero-order valence-electron chi connectivity index (χ0n) is 9.52. The van der Waals surface area contributed by atoms with Gasteiger partial charge in [0.1, 0.15) is 6.10 Å². The highest BCUT2D eigenvalue weighted by atomic mass is 16.5. The minimum absolute atomic E-state index is 0.0171. The summed E-state index contributed by atoms with van der Waals surface area (Å²) in [6.45, 7) is 8.73. The molecule has 1 unspecified atom stereocenters. The summed E-state index contributed by atoms with van der Waals surface area (Å²) in [6.07, 6.45) is 2.09. The maximum absolute atomic E-state index is 11.0. The molecule has 1 amide bonds. The molecule has 16 heavy (non-hydrogen) atoms. The lowest BCUT2D eigenvalue weighted by Gasteiger charge is -2.28. The van der Waals surface area contributed by atoms with E-state index < -0.39 is 5.91 Å². The van der Waals surface area contributed by atoms with Gasteiger partial charge in [0, 0.05) is 13.1 Å². The van der Waals surface area contributed by atoms with Gasteiger partial charge in [0.25, 0.3) is 0 Å². The summed E-state index contributed by atoms with van der Waals surface area (Å²) >= 11 is 0. The number of carbonyl (C=O) groups excluding carboxylic acids is 2. The van der Waals surface area contributed by atoms with Crippen molar-refractivity contribution in [2.75, 3.05) is 26.7 Å². The molecule has 0 aromatic heterocycles. The quantitative estimate of drug-likeness (QED) is 0.672. The Bertz CT molecular complexity index is 276. The smallest absolute Gasteiger partial charge is 0.240 e. The van der Waals surface area contributed by atoms with E-state index in [1.54, 1.807) is 0 Å². The normalized spacial score (nSPS) is 20.2. The van der Waals surface area contributed by atoms with E-state index >= 15 is 0 Å². The number of primary amides is 1. The number of morpholine rings is 1. The number of ketones is 1. The molecule has 0 saturated carbocycles. The van der Waals surface area contributed by atoms with E-state index in [1.807, 2.05) is 7.05 Å². The van der Waals surface area contributed by atoms with Crippen molar-refractivity contribution < 1.29 is 14.3 Å². The van der Waals surface area contributed by atoms with Gasteiger partial charge >= 0.3 is 0 Å². The molecule has 1 fully saturated rings. The highest BCUT2D eigenvalue weighted by molar-refractivity contribution is 5.93. The Hall–Kier alpha value is -1.46. The van der Waals surface area contributed by atoms with Crippen molar-refractivity contribution in [2.24, 2.45) is 5.73 Å². The van der Waals surface area contributed by atoms with E-state index in [4.69, 9.17) is 4.74 Å². The van der Waals surface area contributed by atoms with Gasteiger partial charge in [0.05, 0.1) is 6.61 Å². The molecule has 0 bridgehead atoms. The largest absolute Gasteiger partial charge is 0.367 e. The summed E-state index contributed by atoms with van der Waals surface area (Å²) in [4.78, 5) is 22.6. The number of amides is 1. The van der Waals surface area contributed by atoms with Gasteiger partial charge in [-0.2, -0.15) is 0 Å². The second kappa shape index (κ2) is 7.78. The number of carbonyl (C=O) groups is 2. The van der Waals surface area contributed by atoms with Gasteiger partial charge < -0.3 is 15.4 Å². The maximum atomic E-state index is 11.0. The molecule has 2 N–H and O–H groups in total. The standard InChI is InChI=1S/C8H13NO2.C3H5NO/c1-3-7(10)8-6-9(2)4-5-11-8;1-2-3(4)5/h3,8H,1,4-6H2,2H3;2H,1H2,(H2,4,5). The Morgan fingerprint density at radius 2 is 2.00 bits per heavy atom. The molecule has 5 nitrogen and oxygen atoms in total. The molecule has 0 spiro atoms. The number of rotatable bonds is 3. The Balaban J connectivity index is 0.000000385. The highest BCUT2D eigenvalue weighted by Gasteiger charge is 2.21. The van der Waals surface area contributed by atoms with Crippen molar-refractivity contribution >= 4 is 11.7 Å². The zero-order valence-corrected chi connectivity index (χ0v) is 9.52. The van der Waals surface area contributed by atoms with Crippen molar-refractivity contribution in [1.29, 1.82) is 0 Å². The van der Waals surface area contributed by atoms with Crippen LogP contribution in [0.2, 0.25) is 0 Å². The van der Waals surface area contributed by atoms with Crippen molar-refractivity contribution in [1.82, 2.24) is 4.90 Å². The first kappa shape index (κ1) is 14.5. The van der Waals surface area contributed by atoms with Crippen LogP contribution in [0.4, 0.5) is 0 Å². The van der Waals surface area contributed by atoms with E-state index in [0.29, 0.717) is 13.2 Å². The summed E-state index contributed by atoms with van der Waals surface area (Å²) in [6, 6.07) is 0. The number of nitrogens with two attached hydrogens (primary N) is 1. The molecule has 1 rings (SSSR count). The summed E-state index contributed by atoms with van der Waals surface area (Å²) in [5.74, 6) is -0.499. The van der Waals surface area contributed by atoms with Gasteiger partial charge in [-0.1, -0.05) is 13.2 Å². The van der Waals surface area contributed by atoms with Crippen molar-refractivity contribution in [2.45, 2.75) is 6.10 Å². The summed E-state index contributed by atoms with van der Waals surface area (Å²) in [5.41, 5.74) is 4.53. The number of nitrogens with zero attached hydrogens (tertiary/aromatic N) is 1. The fourth-order valence-corrected chi connectivity index (χ4v) is 1.08. The second-order valence-electron chi connectivity index (χ2n) is 3.33. The van der Waals surface area contributed by atoms with Gasteiger partial charge in [-0.25, -0.2) is 0 Å². The van der Waals surface area contributed by atoms with Gasteiger partial charge in [-0.15, -0.1) is 0 Å². The average molecular weight is 226 g/mol. The molecule has 5 heteroatoms. The number of likely N-dealkylation sites (N-methyl/N-ethyl adjacent to an activating group) is 1. The minimum atomic E-state index is -0.481. The monoisotopic (exact) mass is 226 g/mol. The number of ether oxygens (including phenoxy) is 1. The van der Waals surface area contributed by atoms with Crippen LogP contribution in [0.5, 0.6) is 0 Å². The van der Waals surface area contributed by atoms with Gasteiger partial charge in [0.2, 0.25) is 5.91 Å². The molecule has 1 saturated heterocycles. The lowest BCUT2D eigenvalue weighted by molar-refractivity contribution is -0.130. The summed E-state index contributed by atoms with van der Waals surface area (Å²) in [5, 5.41) is 0. The summed E-state index contributed by atoms with van der Waals surface area (Å²) < 4.78 is 5.24. The topological polar surface area (TPSA) is 72.6 Å². The maximum Gasteiger partial charge on any atom is 0.240 e. The lowest BCUT2D eigenvalue weighted by Crippen LogP contribution is -2.43. The molecule has 1 aliphatic rings. The van der Waals surface area contributed by atoms with Crippen molar-refractivity contribution in [3.63, 3.8) is 0 Å². The minimum Gasteiger partial charge on any atom is -0.367 e. The third kappa shape index (κ3) is 6.10. The van der Waals surface area contributed by atoms with E-state index in [2.05, 4.69) is 23.8 Å².